The second kappa shape index (κ2) is 12.1. The molecule has 39 heavy (non-hydrogen) atoms. The molecule has 5 amide bonds. The monoisotopic (exact) mass is 540 g/mol. The molecule has 0 aromatic heterocycles. The molecular formula is C28H36N4O7. The number of imide groups is 2. The van der Waals surface area contributed by atoms with E-state index in [9.17, 15) is 28.8 Å². The first kappa shape index (κ1) is 28.4. The number of benzene rings is 1. The predicted molar refractivity (Wildman–Crippen MR) is 139 cm³/mol. The van der Waals surface area contributed by atoms with E-state index in [0.29, 0.717) is 6.42 Å². The fourth-order valence-corrected chi connectivity index (χ4v) is 5.49. The Morgan fingerprint density at radius 1 is 1.00 bits per heavy atom. The van der Waals surface area contributed by atoms with Gasteiger partial charge < -0.3 is 10.1 Å². The third-order valence-electron chi connectivity index (χ3n) is 7.70. The summed E-state index contributed by atoms with van der Waals surface area (Å²) >= 11 is 0. The molecule has 0 spiro atoms. The first-order valence-corrected chi connectivity index (χ1v) is 13.7. The lowest BCUT2D eigenvalue weighted by molar-refractivity contribution is -0.166. The zero-order valence-corrected chi connectivity index (χ0v) is 22.7. The van der Waals surface area contributed by atoms with Gasteiger partial charge in [-0.25, -0.2) is 9.69 Å². The minimum absolute atomic E-state index is 0.00678. The number of hydrogen-bond donors (Lipinski definition) is 1. The highest BCUT2D eigenvalue weighted by molar-refractivity contribution is 6.23. The average Bonchev–Trinajstić information content (AvgIpc) is 3.17. The van der Waals surface area contributed by atoms with E-state index in [0.717, 1.165) is 42.2 Å². The van der Waals surface area contributed by atoms with Crippen LogP contribution in [-0.2, 0) is 23.9 Å². The SMILES string of the molecule is CCC(C(=O)NC(C(=O)OCN1C(=O)CCC(N2C(=O)c3ccccc3C2=O)C1=O)C(C)C)N1CCCCC1. The van der Waals surface area contributed by atoms with Gasteiger partial charge >= 0.3 is 5.97 Å². The molecule has 3 atom stereocenters. The maximum absolute atomic E-state index is 13.3. The molecule has 0 aliphatic carbocycles. The van der Waals surface area contributed by atoms with Crippen molar-refractivity contribution in [3.8, 4) is 0 Å². The summed E-state index contributed by atoms with van der Waals surface area (Å²) in [7, 11) is 0. The number of carbonyl (C=O) groups is 6. The second-order valence-electron chi connectivity index (χ2n) is 10.6. The summed E-state index contributed by atoms with van der Waals surface area (Å²) in [6.45, 7) is 6.46. The average molecular weight is 541 g/mol. The van der Waals surface area contributed by atoms with Gasteiger partial charge in [-0.15, -0.1) is 0 Å². The molecule has 3 heterocycles. The van der Waals surface area contributed by atoms with E-state index >= 15 is 0 Å². The van der Waals surface area contributed by atoms with Gasteiger partial charge in [0.15, 0.2) is 6.73 Å². The molecule has 1 aromatic carbocycles. The van der Waals surface area contributed by atoms with E-state index in [1.165, 1.54) is 12.1 Å². The number of ether oxygens (including phenoxy) is 1. The topological polar surface area (TPSA) is 133 Å². The van der Waals surface area contributed by atoms with Crippen molar-refractivity contribution < 1.29 is 33.5 Å². The van der Waals surface area contributed by atoms with E-state index in [4.69, 9.17) is 4.74 Å². The van der Waals surface area contributed by atoms with Crippen molar-refractivity contribution in [3.05, 3.63) is 35.4 Å². The molecule has 3 unspecified atom stereocenters. The van der Waals surface area contributed by atoms with Gasteiger partial charge in [-0.1, -0.05) is 39.3 Å². The minimum atomic E-state index is -1.18. The normalized spacial score (nSPS) is 21.7. The summed E-state index contributed by atoms with van der Waals surface area (Å²) in [5, 5.41) is 2.81. The van der Waals surface area contributed by atoms with Gasteiger partial charge in [-0.3, -0.25) is 33.8 Å². The Morgan fingerprint density at radius 3 is 2.18 bits per heavy atom. The van der Waals surface area contributed by atoms with Crippen LogP contribution in [0.5, 0.6) is 0 Å². The number of fused-ring (bicyclic) bond motifs is 1. The molecule has 3 aliphatic rings. The number of hydrogen-bond acceptors (Lipinski definition) is 8. The fourth-order valence-electron chi connectivity index (χ4n) is 5.49. The van der Waals surface area contributed by atoms with Crippen molar-refractivity contribution in [3.63, 3.8) is 0 Å². The quantitative estimate of drug-likeness (QED) is 0.370. The van der Waals surface area contributed by atoms with Crippen LogP contribution in [0.2, 0.25) is 0 Å². The lowest BCUT2D eigenvalue weighted by Gasteiger charge is -2.35. The number of carbonyl (C=O) groups excluding carboxylic acids is 6. The maximum Gasteiger partial charge on any atom is 0.330 e. The van der Waals surface area contributed by atoms with Crippen LogP contribution in [0.3, 0.4) is 0 Å². The zero-order valence-electron chi connectivity index (χ0n) is 22.7. The van der Waals surface area contributed by atoms with Crippen molar-refractivity contribution >= 4 is 35.5 Å². The maximum atomic E-state index is 13.3. The van der Waals surface area contributed by atoms with Gasteiger partial charge in [0.2, 0.25) is 11.8 Å². The molecule has 210 valence electrons. The molecule has 11 heteroatoms. The van der Waals surface area contributed by atoms with Gasteiger partial charge in [-0.05, 0) is 56.8 Å². The summed E-state index contributed by atoms with van der Waals surface area (Å²) in [4.78, 5) is 81.5. The number of esters is 1. The lowest BCUT2D eigenvalue weighted by atomic mass is 10.0. The molecule has 2 saturated heterocycles. The molecule has 0 bridgehead atoms. The number of piperidine rings is 2. The van der Waals surface area contributed by atoms with Crippen molar-refractivity contribution in [2.75, 3.05) is 19.8 Å². The van der Waals surface area contributed by atoms with Crippen LogP contribution < -0.4 is 5.32 Å². The van der Waals surface area contributed by atoms with Crippen LogP contribution in [0.1, 0.15) is 80.0 Å². The first-order chi connectivity index (χ1) is 18.6. The van der Waals surface area contributed by atoms with Crippen LogP contribution in [0.4, 0.5) is 0 Å². The lowest BCUT2D eigenvalue weighted by Crippen LogP contribution is -2.57. The highest BCUT2D eigenvalue weighted by Gasteiger charge is 2.47. The standard InChI is InChI=1S/C28H36N4O7/c1-4-20(30-14-8-5-9-15-30)24(34)29-23(17(2)3)28(38)39-16-31-22(33)13-12-21(27(31)37)32-25(35)18-10-6-7-11-19(18)26(32)36/h6-7,10-11,17,20-21,23H,4-5,8-9,12-16H2,1-3H3,(H,29,34). The Bertz CT molecular complexity index is 1130. The Morgan fingerprint density at radius 2 is 1.62 bits per heavy atom. The summed E-state index contributed by atoms with van der Waals surface area (Å²) in [6, 6.07) is 3.78. The van der Waals surface area contributed by atoms with Crippen molar-refractivity contribution in [2.45, 2.75) is 77.4 Å². The zero-order chi connectivity index (χ0) is 28.3. The number of nitrogens with one attached hydrogen (secondary N) is 1. The molecule has 0 saturated carbocycles. The Balaban J connectivity index is 1.40. The fraction of sp³-hybridized carbons (Fsp3) is 0.571. The smallest absolute Gasteiger partial charge is 0.330 e. The third-order valence-corrected chi connectivity index (χ3v) is 7.70. The summed E-state index contributed by atoms with van der Waals surface area (Å²) in [6.07, 6.45) is 3.68. The molecule has 2 fully saturated rings. The number of likely N-dealkylation sites (tertiary alicyclic amines) is 2. The summed E-state index contributed by atoms with van der Waals surface area (Å²) in [5.41, 5.74) is 0.409. The molecule has 1 N–H and O–H groups in total. The van der Waals surface area contributed by atoms with Gasteiger partial charge in [-0.2, -0.15) is 0 Å². The van der Waals surface area contributed by atoms with Crippen molar-refractivity contribution in [2.24, 2.45) is 5.92 Å². The van der Waals surface area contributed by atoms with Crippen LogP contribution in [-0.4, -0.2) is 88.2 Å². The van der Waals surface area contributed by atoms with E-state index in [1.807, 2.05) is 6.92 Å². The number of nitrogens with zero attached hydrogens (tertiary/aromatic N) is 3. The van der Waals surface area contributed by atoms with Crippen LogP contribution in [0.25, 0.3) is 0 Å². The first-order valence-electron chi connectivity index (χ1n) is 13.7. The van der Waals surface area contributed by atoms with Crippen LogP contribution in [0.15, 0.2) is 24.3 Å². The van der Waals surface area contributed by atoms with Gasteiger partial charge in [0.25, 0.3) is 17.7 Å². The van der Waals surface area contributed by atoms with Gasteiger partial charge in [0, 0.05) is 6.42 Å². The van der Waals surface area contributed by atoms with Crippen molar-refractivity contribution in [1.29, 1.82) is 0 Å². The van der Waals surface area contributed by atoms with E-state index in [2.05, 4.69) is 10.2 Å². The Kier molecular flexibility index (Phi) is 8.79. The molecule has 0 radical (unpaired) electrons. The summed E-state index contributed by atoms with van der Waals surface area (Å²) in [5.74, 6) is -3.87. The molecule has 1 aromatic rings. The minimum Gasteiger partial charge on any atom is -0.442 e. The second-order valence-corrected chi connectivity index (χ2v) is 10.6. The summed E-state index contributed by atoms with van der Waals surface area (Å²) < 4.78 is 5.36. The van der Waals surface area contributed by atoms with Crippen LogP contribution in [0, 0.1) is 5.92 Å². The van der Waals surface area contributed by atoms with E-state index < -0.39 is 48.4 Å². The third kappa shape index (κ3) is 5.73. The molecular weight excluding hydrogens is 504 g/mol. The van der Waals surface area contributed by atoms with E-state index in [-0.39, 0.29) is 41.8 Å². The predicted octanol–water partition coefficient (Wildman–Crippen LogP) is 1.71. The van der Waals surface area contributed by atoms with Gasteiger partial charge in [0.05, 0.1) is 17.2 Å². The van der Waals surface area contributed by atoms with E-state index in [1.54, 1.807) is 26.0 Å². The Labute approximate surface area is 227 Å². The highest BCUT2D eigenvalue weighted by atomic mass is 16.5. The molecule has 3 aliphatic heterocycles. The number of rotatable bonds is 9. The highest BCUT2D eigenvalue weighted by Crippen LogP contribution is 2.29. The van der Waals surface area contributed by atoms with Crippen molar-refractivity contribution in [1.82, 2.24) is 20.0 Å². The number of amides is 5. The largest absolute Gasteiger partial charge is 0.442 e. The van der Waals surface area contributed by atoms with Crippen LogP contribution >= 0.6 is 0 Å². The molecule has 4 rings (SSSR count). The van der Waals surface area contributed by atoms with Gasteiger partial charge in [0.1, 0.15) is 12.1 Å². The Hall–Kier alpha value is -3.60. The molecule has 11 nitrogen and oxygen atoms in total.